The number of rotatable bonds is 13. The van der Waals surface area contributed by atoms with Gasteiger partial charge in [-0.05, 0) is 43.4 Å². The molecule has 0 saturated heterocycles. The van der Waals surface area contributed by atoms with Gasteiger partial charge < -0.3 is 14.5 Å². The van der Waals surface area contributed by atoms with Crippen LogP contribution in [0.2, 0.25) is 0 Å². The molecule has 1 atom stereocenters. The van der Waals surface area contributed by atoms with Crippen LogP contribution < -0.4 is 0 Å². The van der Waals surface area contributed by atoms with E-state index >= 15 is 0 Å². The van der Waals surface area contributed by atoms with Crippen LogP contribution in [0, 0.1) is 16.2 Å². The number of unbranched alkanes of at least 4 members (excludes halogenated alkanes) is 3. The van der Waals surface area contributed by atoms with Crippen LogP contribution in [0.3, 0.4) is 0 Å². The molecule has 0 saturated carbocycles. The van der Waals surface area contributed by atoms with Crippen molar-refractivity contribution in [3.8, 4) is 0 Å². The van der Waals surface area contributed by atoms with Crippen molar-refractivity contribution >= 4 is 13.6 Å². The predicted molar refractivity (Wildman–Crippen MR) is 107 cm³/mol. The van der Waals surface area contributed by atoms with Crippen LogP contribution in [-0.2, 0) is 14.1 Å². The molecule has 156 valence electrons. The van der Waals surface area contributed by atoms with Gasteiger partial charge in [-0.3, -0.25) is 9.36 Å². The molecule has 0 fully saturated rings. The van der Waals surface area contributed by atoms with Gasteiger partial charge >= 0.3 is 13.6 Å². The summed E-state index contributed by atoms with van der Waals surface area (Å²) in [5.74, 6) is -0.124. The number of ether oxygens (including phenoxy) is 1. The molecule has 0 spiro atoms. The van der Waals surface area contributed by atoms with E-state index in [9.17, 15) is 9.36 Å². The number of hydrogen-bond acceptors (Lipinski definition) is 3. The van der Waals surface area contributed by atoms with Gasteiger partial charge in [-0.25, -0.2) is 0 Å². The van der Waals surface area contributed by atoms with Crippen molar-refractivity contribution in [3.05, 3.63) is 0 Å². The molecule has 0 radical (unpaired) electrons. The minimum absolute atomic E-state index is 0.0678. The zero-order chi connectivity index (χ0) is 20.6. The third-order valence-electron chi connectivity index (χ3n) is 6.19. The molecule has 0 heterocycles. The third kappa shape index (κ3) is 8.54. The normalized spacial score (nSPS) is 15.6. The molecular weight excluding hydrogens is 351 g/mol. The SMILES string of the molecule is CCC(C)(C)CC(C)(C(=O)OCCCCCCP(=O)(O)O)C(C)(C)CC. The summed E-state index contributed by atoms with van der Waals surface area (Å²) in [5, 5.41) is 0. The molecule has 0 rings (SSSR count). The smallest absolute Gasteiger partial charge is 0.325 e. The average molecular weight is 393 g/mol. The van der Waals surface area contributed by atoms with E-state index in [1.165, 1.54) is 0 Å². The molecule has 0 aromatic rings. The Hall–Kier alpha value is -0.380. The Bertz CT molecular complexity index is 481. The molecule has 2 N–H and O–H groups in total. The second-order valence-corrected chi connectivity index (χ2v) is 11.0. The molecule has 5 nitrogen and oxygen atoms in total. The Balaban J connectivity index is 4.65. The minimum Gasteiger partial charge on any atom is -0.465 e. The highest BCUT2D eigenvalue weighted by atomic mass is 31.2. The molecule has 26 heavy (non-hydrogen) atoms. The van der Waals surface area contributed by atoms with Gasteiger partial charge in [0.05, 0.1) is 12.0 Å². The van der Waals surface area contributed by atoms with Crippen LogP contribution in [-0.4, -0.2) is 28.5 Å². The summed E-state index contributed by atoms with van der Waals surface area (Å²) in [6.45, 7) is 15.4. The molecule has 0 aliphatic carbocycles. The first-order valence-corrected chi connectivity index (χ1v) is 11.7. The first-order chi connectivity index (χ1) is 11.7. The van der Waals surface area contributed by atoms with Crippen molar-refractivity contribution in [1.82, 2.24) is 0 Å². The third-order valence-corrected chi connectivity index (χ3v) is 7.09. The lowest BCUT2D eigenvalue weighted by Gasteiger charge is -2.45. The summed E-state index contributed by atoms with van der Waals surface area (Å²) in [4.78, 5) is 30.6. The fourth-order valence-corrected chi connectivity index (χ4v) is 3.79. The summed E-state index contributed by atoms with van der Waals surface area (Å²) in [7, 11) is -3.89. The molecule has 1 unspecified atom stereocenters. The van der Waals surface area contributed by atoms with E-state index in [1.54, 1.807) is 0 Å². The van der Waals surface area contributed by atoms with Gasteiger partial charge in [0.1, 0.15) is 0 Å². The van der Waals surface area contributed by atoms with Gasteiger partial charge in [0.25, 0.3) is 0 Å². The summed E-state index contributed by atoms with van der Waals surface area (Å²) in [6, 6.07) is 0. The molecule has 0 bridgehead atoms. The van der Waals surface area contributed by atoms with E-state index in [4.69, 9.17) is 14.5 Å². The second kappa shape index (κ2) is 10.2. The summed E-state index contributed by atoms with van der Waals surface area (Å²) < 4.78 is 16.4. The molecular formula is C20H41O5P. The highest BCUT2D eigenvalue weighted by Crippen LogP contribution is 2.50. The number of carbonyl (C=O) groups excluding carboxylic acids is 1. The largest absolute Gasteiger partial charge is 0.465 e. The van der Waals surface area contributed by atoms with Crippen molar-refractivity contribution in [2.24, 2.45) is 16.2 Å². The van der Waals surface area contributed by atoms with Crippen molar-refractivity contribution in [2.45, 2.75) is 93.4 Å². The predicted octanol–water partition coefficient (Wildman–Crippen LogP) is 5.54. The van der Waals surface area contributed by atoms with Crippen molar-refractivity contribution < 1.29 is 23.9 Å². The molecule has 0 aliphatic rings. The average Bonchev–Trinajstić information content (AvgIpc) is 2.51. The van der Waals surface area contributed by atoms with E-state index in [2.05, 4.69) is 41.5 Å². The van der Waals surface area contributed by atoms with Gasteiger partial charge in [0.15, 0.2) is 0 Å². The molecule has 6 heteroatoms. The van der Waals surface area contributed by atoms with Crippen LogP contribution in [0.15, 0.2) is 0 Å². The Morgan fingerprint density at radius 1 is 0.923 bits per heavy atom. The molecule has 0 aliphatic heterocycles. The quantitative estimate of drug-likeness (QED) is 0.244. The van der Waals surface area contributed by atoms with Crippen LogP contribution in [0.4, 0.5) is 0 Å². The Kier molecular flexibility index (Phi) is 10.1. The lowest BCUT2D eigenvalue weighted by Crippen LogP contribution is -2.46. The Labute approximate surface area is 160 Å². The van der Waals surface area contributed by atoms with Crippen molar-refractivity contribution in [1.29, 1.82) is 0 Å². The van der Waals surface area contributed by atoms with Crippen LogP contribution in [0.25, 0.3) is 0 Å². The topological polar surface area (TPSA) is 83.8 Å². The number of hydrogen-bond donors (Lipinski definition) is 2. The molecule has 0 amide bonds. The fourth-order valence-electron chi connectivity index (χ4n) is 3.16. The first kappa shape index (κ1) is 25.6. The van der Waals surface area contributed by atoms with Gasteiger partial charge in [-0.1, -0.05) is 60.8 Å². The van der Waals surface area contributed by atoms with Crippen LogP contribution >= 0.6 is 7.60 Å². The highest BCUT2D eigenvalue weighted by molar-refractivity contribution is 7.51. The van der Waals surface area contributed by atoms with Crippen LogP contribution in [0.5, 0.6) is 0 Å². The zero-order valence-corrected chi connectivity index (χ0v) is 18.8. The maximum Gasteiger partial charge on any atom is 0.325 e. The van der Waals surface area contributed by atoms with E-state index in [0.29, 0.717) is 13.0 Å². The van der Waals surface area contributed by atoms with E-state index < -0.39 is 13.0 Å². The number of esters is 1. The monoisotopic (exact) mass is 392 g/mol. The summed E-state index contributed by atoms with van der Waals surface area (Å²) >= 11 is 0. The fraction of sp³-hybridized carbons (Fsp3) is 0.950. The van der Waals surface area contributed by atoms with E-state index in [0.717, 1.165) is 38.5 Å². The van der Waals surface area contributed by atoms with E-state index in [-0.39, 0.29) is 23.0 Å². The summed E-state index contributed by atoms with van der Waals surface area (Å²) in [6.07, 6.45) is 5.41. The maximum atomic E-state index is 13.0. The summed E-state index contributed by atoms with van der Waals surface area (Å²) in [5.41, 5.74) is -0.621. The first-order valence-electron chi connectivity index (χ1n) is 9.92. The van der Waals surface area contributed by atoms with Gasteiger partial charge in [-0.15, -0.1) is 0 Å². The molecule has 0 aromatic heterocycles. The van der Waals surface area contributed by atoms with Gasteiger partial charge in [0, 0.05) is 6.16 Å². The Morgan fingerprint density at radius 2 is 1.46 bits per heavy atom. The minimum atomic E-state index is -3.89. The van der Waals surface area contributed by atoms with Gasteiger partial charge in [0.2, 0.25) is 0 Å². The second-order valence-electron chi connectivity index (χ2n) is 9.20. The number of carbonyl (C=O) groups is 1. The lowest BCUT2D eigenvalue weighted by atomic mass is 9.58. The van der Waals surface area contributed by atoms with Crippen molar-refractivity contribution in [2.75, 3.05) is 12.8 Å². The zero-order valence-electron chi connectivity index (χ0n) is 17.9. The van der Waals surface area contributed by atoms with Crippen LogP contribution in [0.1, 0.15) is 93.4 Å². The highest BCUT2D eigenvalue weighted by Gasteiger charge is 2.49. The lowest BCUT2D eigenvalue weighted by molar-refractivity contribution is -0.166. The standard InChI is InChI=1S/C20H41O5P/c1-8-18(3,4)16-20(7,19(5,6)9-2)17(21)25-14-12-10-11-13-15-26(22,23)24/h8-16H2,1-7H3,(H2,22,23,24). The maximum absolute atomic E-state index is 13.0. The molecule has 0 aromatic carbocycles. The van der Waals surface area contributed by atoms with Gasteiger partial charge in [-0.2, -0.15) is 0 Å². The van der Waals surface area contributed by atoms with E-state index in [1.807, 2.05) is 6.92 Å². The Morgan fingerprint density at radius 3 is 1.92 bits per heavy atom. The van der Waals surface area contributed by atoms with Crippen molar-refractivity contribution in [3.63, 3.8) is 0 Å².